The van der Waals surface area contributed by atoms with Gasteiger partial charge in [-0.3, -0.25) is 4.79 Å². The lowest BCUT2D eigenvalue weighted by Crippen LogP contribution is -2.70. The molecule has 0 aromatic heterocycles. The summed E-state index contributed by atoms with van der Waals surface area (Å²) < 4.78 is 23.3. The van der Waals surface area contributed by atoms with Gasteiger partial charge in [0.2, 0.25) is 6.29 Å². The quantitative estimate of drug-likeness (QED) is 0.314. The van der Waals surface area contributed by atoms with E-state index in [9.17, 15) is 24.6 Å². The predicted octanol–water partition coefficient (Wildman–Crippen LogP) is 2.21. The number of aldehydes is 1. The van der Waals surface area contributed by atoms with Crippen LogP contribution < -0.4 is 0 Å². The molecular formula is C29H38O9. The van der Waals surface area contributed by atoms with E-state index in [2.05, 4.69) is 6.92 Å². The molecule has 6 fully saturated rings. The molecule has 2 saturated heterocycles. The van der Waals surface area contributed by atoms with Crippen LogP contribution >= 0.6 is 0 Å². The van der Waals surface area contributed by atoms with E-state index < -0.39 is 40.4 Å². The first-order chi connectivity index (χ1) is 18.0. The van der Waals surface area contributed by atoms with Gasteiger partial charge in [-0.15, -0.1) is 0 Å². The van der Waals surface area contributed by atoms with Gasteiger partial charge in [0.1, 0.15) is 12.9 Å². The molecule has 4 aliphatic carbocycles. The topological polar surface area (TPSA) is 129 Å². The van der Waals surface area contributed by atoms with Gasteiger partial charge in [0, 0.05) is 23.3 Å². The molecule has 9 nitrogen and oxygen atoms in total. The van der Waals surface area contributed by atoms with Crippen LogP contribution in [0.5, 0.6) is 0 Å². The van der Waals surface area contributed by atoms with Gasteiger partial charge in [0.05, 0.1) is 23.9 Å². The van der Waals surface area contributed by atoms with Crippen molar-refractivity contribution in [1.82, 2.24) is 0 Å². The molecular weight excluding hydrogens is 492 g/mol. The first-order valence-corrected chi connectivity index (χ1v) is 14.3. The fraction of sp³-hybridized carbons (Fsp3) is 0.828. The molecule has 38 heavy (non-hydrogen) atoms. The van der Waals surface area contributed by atoms with Crippen molar-refractivity contribution in [2.75, 3.05) is 6.61 Å². The molecule has 0 aromatic rings. The summed E-state index contributed by atoms with van der Waals surface area (Å²) in [7, 11) is 0. The second-order valence-electron chi connectivity index (χ2n) is 13.4. The van der Waals surface area contributed by atoms with Crippen molar-refractivity contribution in [3.05, 3.63) is 11.6 Å². The highest BCUT2D eigenvalue weighted by Crippen LogP contribution is 2.70. The number of hydrogen-bond donors (Lipinski definition) is 2. The fourth-order valence-electron chi connectivity index (χ4n) is 10.1. The number of aliphatic hydroxyl groups is 2. The Morgan fingerprint density at radius 3 is 2.58 bits per heavy atom. The molecule has 3 aliphatic heterocycles. The molecule has 12 atom stereocenters. The Hall–Kier alpha value is -1.65. The molecule has 0 aromatic carbocycles. The lowest BCUT2D eigenvalue weighted by molar-refractivity contribution is -0.413. The Kier molecular flexibility index (Phi) is 5.46. The van der Waals surface area contributed by atoms with Crippen LogP contribution in [0.4, 0.5) is 0 Å². The third-order valence-corrected chi connectivity index (χ3v) is 11.9. The summed E-state index contributed by atoms with van der Waals surface area (Å²) in [5.41, 5.74) is -1.07. The van der Waals surface area contributed by atoms with Crippen molar-refractivity contribution in [3.63, 3.8) is 0 Å². The van der Waals surface area contributed by atoms with Crippen LogP contribution in [0.1, 0.15) is 71.6 Å². The van der Waals surface area contributed by atoms with Crippen molar-refractivity contribution in [3.8, 4) is 0 Å². The number of ketones is 1. The van der Waals surface area contributed by atoms with Crippen LogP contribution in [0.25, 0.3) is 0 Å². The standard InChI is InChI=1S/C29H38O9/c1-15-9-23(31)29(34)25(36-15)37-21-11-17-3-4-20-19(27(17,14-30)12-22(21)38-29)5-7-26(2)18(6-8-28(20,26)33)16-10-24(32)35-13-16/h10,14-15,17-22,25,33-34H,3-9,11-13H2,1-2H3/t15-,17+,18+,19+,20-,21-,22-,25+,26-,27-,28+,29+/m1/s1. The molecule has 9 heteroatoms. The highest BCUT2D eigenvalue weighted by molar-refractivity contribution is 5.87. The van der Waals surface area contributed by atoms with E-state index in [0.29, 0.717) is 25.9 Å². The van der Waals surface area contributed by atoms with E-state index in [-0.39, 0.29) is 48.3 Å². The molecule has 208 valence electrons. The Morgan fingerprint density at radius 1 is 1.03 bits per heavy atom. The number of rotatable bonds is 2. The smallest absolute Gasteiger partial charge is 0.331 e. The van der Waals surface area contributed by atoms with Gasteiger partial charge in [0.25, 0.3) is 5.79 Å². The number of Topliss-reactive ketones (excluding diaryl/α,β-unsaturated/α-hetero) is 1. The van der Waals surface area contributed by atoms with E-state index in [1.54, 1.807) is 13.0 Å². The summed E-state index contributed by atoms with van der Waals surface area (Å²) in [6.45, 7) is 4.23. The van der Waals surface area contributed by atoms with E-state index in [0.717, 1.165) is 44.0 Å². The Balaban J connectivity index is 1.19. The van der Waals surface area contributed by atoms with Crippen LogP contribution in [0.3, 0.4) is 0 Å². The van der Waals surface area contributed by atoms with Crippen molar-refractivity contribution < 1.29 is 43.5 Å². The molecule has 0 bridgehead atoms. The molecule has 0 spiro atoms. The average molecular weight is 531 g/mol. The first kappa shape index (κ1) is 25.3. The van der Waals surface area contributed by atoms with Gasteiger partial charge in [0.15, 0.2) is 5.78 Å². The normalized spacial score (nSPS) is 55.5. The number of carbonyl (C=O) groups excluding carboxylic acids is 3. The minimum atomic E-state index is -2.16. The number of ether oxygens (including phenoxy) is 4. The van der Waals surface area contributed by atoms with E-state index in [4.69, 9.17) is 18.9 Å². The Bertz CT molecular complexity index is 1100. The van der Waals surface area contributed by atoms with Crippen LogP contribution in [-0.4, -0.2) is 70.8 Å². The van der Waals surface area contributed by atoms with E-state index >= 15 is 0 Å². The lowest BCUT2D eigenvalue weighted by Gasteiger charge is -2.64. The highest BCUT2D eigenvalue weighted by atomic mass is 16.8. The molecule has 7 rings (SSSR count). The average Bonchev–Trinajstić information content (AvgIpc) is 3.42. The van der Waals surface area contributed by atoms with Crippen molar-refractivity contribution in [1.29, 1.82) is 0 Å². The van der Waals surface area contributed by atoms with Gasteiger partial charge in [-0.2, -0.15) is 0 Å². The molecule has 0 unspecified atom stereocenters. The first-order valence-electron chi connectivity index (χ1n) is 14.3. The molecule has 7 aliphatic rings. The van der Waals surface area contributed by atoms with E-state index in [1.165, 1.54) is 0 Å². The summed E-state index contributed by atoms with van der Waals surface area (Å²) in [4.78, 5) is 37.7. The van der Waals surface area contributed by atoms with Crippen LogP contribution in [0.15, 0.2) is 11.6 Å². The molecule has 0 amide bonds. The minimum absolute atomic E-state index is 0.0266. The SMILES string of the molecule is C[C@@H]1CC(=O)[C@]2(O)O[C@@H]3C[C@@]4(C=O)[C@@H](CC[C@@H]5[C@@H]4CC[C@]4(C)[C@H](C6=CC(=O)OC6)CC[C@]54O)C[C@H]3O[C@@H]2O1. The summed E-state index contributed by atoms with van der Waals surface area (Å²) in [5.74, 6) is -2.84. The van der Waals surface area contributed by atoms with Gasteiger partial charge < -0.3 is 34.0 Å². The maximum atomic E-state index is 13.1. The predicted molar refractivity (Wildman–Crippen MR) is 130 cm³/mol. The zero-order valence-electron chi connectivity index (χ0n) is 22.1. The van der Waals surface area contributed by atoms with Crippen LogP contribution in [0.2, 0.25) is 0 Å². The molecule has 2 N–H and O–H groups in total. The second kappa shape index (κ2) is 8.19. The number of esters is 1. The van der Waals surface area contributed by atoms with Crippen molar-refractivity contribution in [2.45, 2.75) is 108 Å². The second-order valence-corrected chi connectivity index (χ2v) is 13.4. The summed E-state index contributed by atoms with van der Waals surface area (Å²) in [5, 5.41) is 23.6. The van der Waals surface area contributed by atoms with Crippen LogP contribution in [-0.2, 0) is 33.3 Å². The Morgan fingerprint density at radius 2 is 1.84 bits per heavy atom. The van der Waals surface area contributed by atoms with E-state index in [1.807, 2.05) is 0 Å². The lowest BCUT2D eigenvalue weighted by atomic mass is 9.42. The molecule has 3 heterocycles. The highest BCUT2D eigenvalue weighted by Gasteiger charge is 2.70. The zero-order valence-corrected chi connectivity index (χ0v) is 22.1. The maximum Gasteiger partial charge on any atom is 0.331 e. The fourth-order valence-corrected chi connectivity index (χ4v) is 10.1. The van der Waals surface area contributed by atoms with Gasteiger partial charge >= 0.3 is 5.97 Å². The molecule has 0 radical (unpaired) electrons. The number of fused-ring (bicyclic) bond motifs is 7. The monoisotopic (exact) mass is 530 g/mol. The molecule has 4 saturated carbocycles. The Labute approximate surface area is 222 Å². The van der Waals surface area contributed by atoms with Gasteiger partial charge in [-0.25, -0.2) is 4.79 Å². The summed E-state index contributed by atoms with van der Waals surface area (Å²) in [6, 6.07) is 0. The number of carbonyl (C=O) groups is 3. The van der Waals surface area contributed by atoms with Gasteiger partial charge in [-0.05, 0) is 87.5 Å². The third kappa shape index (κ3) is 3.14. The van der Waals surface area contributed by atoms with Crippen LogP contribution in [0, 0.1) is 34.5 Å². The number of hydrogen-bond acceptors (Lipinski definition) is 9. The third-order valence-electron chi connectivity index (χ3n) is 11.9. The summed E-state index contributed by atoms with van der Waals surface area (Å²) >= 11 is 0. The number of cyclic esters (lactones) is 1. The zero-order chi connectivity index (χ0) is 26.7. The minimum Gasteiger partial charge on any atom is -0.458 e. The summed E-state index contributed by atoms with van der Waals surface area (Å²) in [6.07, 6.45) is 5.80. The largest absolute Gasteiger partial charge is 0.458 e. The van der Waals surface area contributed by atoms with Gasteiger partial charge in [-0.1, -0.05) is 6.92 Å². The van der Waals surface area contributed by atoms with Crippen molar-refractivity contribution >= 4 is 18.0 Å². The van der Waals surface area contributed by atoms with Crippen molar-refractivity contribution in [2.24, 2.45) is 34.5 Å². The maximum absolute atomic E-state index is 13.1.